The van der Waals surface area contributed by atoms with Crippen molar-refractivity contribution in [2.45, 2.75) is 20.8 Å². The highest BCUT2D eigenvalue weighted by Crippen LogP contribution is 2.24. The van der Waals surface area contributed by atoms with E-state index in [4.69, 9.17) is 0 Å². The quantitative estimate of drug-likeness (QED) is 0.803. The van der Waals surface area contributed by atoms with Crippen LogP contribution in [0.3, 0.4) is 0 Å². The lowest BCUT2D eigenvalue weighted by Crippen LogP contribution is -1.96. The second kappa shape index (κ2) is 4.01. The monoisotopic (exact) mass is 279 g/mol. The Balaban J connectivity index is 2.60. The van der Waals surface area contributed by atoms with Gasteiger partial charge in [0.25, 0.3) is 0 Å². The van der Waals surface area contributed by atoms with Gasteiger partial charge in [-0.3, -0.25) is 9.67 Å². The van der Waals surface area contributed by atoms with Crippen molar-refractivity contribution in [3.8, 4) is 11.4 Å². The summed E-state index contributed by atoms with van der Waals surface area (Å²) in [5.41, 5.74) is 5.31. The molecule has 16 heavy (non-hydrogen) atoms. The number of aromatic nitrogens is 3. The van der Waals surface area contributed by atoms with Crippen molar-refractivity contribution in [3.05, 3.63) is 33.6 Å². The fourth-order valence-corrected chi connectivity index (χ4v) is 1.96. The first-order valence-electron chi connectivity index (χ1n) is 5.14. The zero-order valence-electron chi connectivity index (χ0n) is 9.87. The van der Waals surface area contributed by atoms with E-state index in [-0.39, 0.29) is 0 Å². The van der Waals surface area contributed by atoms with Gasteiger partial charge in [-0.05, 0) is 47.8 Å². The Bertz CT molecular complexity index is 524. The van der Waals surface area contributed by atoms with Crippen LogP contribution in [-0.2, 0) is 7.05 Å². The van der Waals surface area contributed by atoms with Crippen molar-refractivity contribution >= 4 is 15.9 Å². The molecule has 2 aromatic heterocycles. The first-order valence-corrected chi connectivity index (χ1v) is 5.93. The van der Waals surface area contributed by atoms with E-state index >= 15 is 0 Å². The van der Waals surface area contributed by atoms with Crippen molar-refractivity contribution in [1.29, 1.82) is 0 Å². The third-order valence-electron chi connectivity index (χ3n) is 2.72. The summed E-state index contributed by atoms with van der Waals surface area (Å²) in [6.45, 7) is 6.17. The van der Waals surface area contributed by atoms with Gasteiger partial charge in [-0.25, -0.2) is 0 Å². The molecule has 0 radical (unpaired) electrons. The SMILES string of the molecule is Cc1cc(C)c(-c2cc(Br)n(C)n2)nc1C. The molecule has 0 aliphatic rings. The maximum absolute atomic E-state index is 4.60. The van der Waals surface area contributed by atoms with Crippen LogP contribution in [0.15, 0.2) is 16.7 Å². The molecule has 0 unspecified atom stereocenters. The molecule has 2 rings (SSSR count). The van der Waals surface area contributed by atoms with Crippen LogP contribution >= 0.6 is 15.9 Å². The van der Waals surface area contributed by atoms with Crippen LogP contribution < -0.4 is 0 Å². The number of rotatable bonds is 1. The number of nitrogens with zero attached hydrogens (tertiary/aromatic N) is 3. The van der Waals surface area contributed by atoms with Gasteiger partial charge in [0.15, 0.2) is 0 Å². The van der Waals surface area contributed by atoms with Gasteiger partial charge in [-0.15, -0.1) is 0 Å². The average molecular weight is 280 g/mol. The standard InChI is InChI=1S/C12H14BrN3/c1-7-5-8(2)12(14-9(7)3)10-6-11(13)16(4)15-10/h5-6H,1-4H3. The molecule has 0 spiro atoms. The molecule has 0 atom stereocenters. The van der Waals surface area contributed by atoms with Crippen LogP contribution in [0.5, 0.6) is 0 Å². The fraction of sp³-hybridized carbons (Fsp3) is 0.333. The zero-order valence-corrected chi connectivity index (χ0v) is 11.5. The molecule has 0 bridgehead atoms. The minimum absolute atomic E-state index is 0.912. The summed E-state index contributed by atoms with van der Waals surface area (Å²) in [5.74, 6) is 0. The Kier molecular flexibility index (Phi) is 2.84. The summed E-state index contributed by atoms with van der Waals surface area (Å²) in [7, 11) is 1.91. The van der Waals surface area contributed by atoms with Crippen LogP contribution in [0.4, 0.5) is 0 Å². The van der Waals surface area contributed by atoms with E-state index in [2.05, 4.69) is 45.9 Å². The molecule has 2 aromatic rings. The summed E-state index contributed by atoms with van der Waals surface area (Å²) in [4.78, 5) is 4.60. The summed E-state index contributed by atoms with van der Waals surface area (Å²) in [6, 6.07) is 4.14. The molecule has 0 saturated carbocycles. The van der Waals surface area contributed by atoms with Gasteiger partial charge < -0.3 is 0 Å². The first kappa shape index (κ1) is 11.3. The maximum Gasteiger partial charge on any atom is 0.112 e. The van der Waals surface area contributed by atoms with E-state index < -0.39 is 0 Å². The smallest absolute Gasteiger partial charge is 0.112 e. The molecular weight excluding hydrogens is 266 g/mol. The van der Waals surface area contributed by atoms with E-state index in [9.17, 15) is 0 Å². The van der Waals surface area contributed by atoms with Crippen molar-refractivity contribution in [3.63, 3.8) is 0 Å². The maximum atomic E-state index is 4.60. The topological polar surface area (TPSA) is 30.7 Å². The Hall–Kier alpha value is -1.16. The molecule has 4 heteroatoms. The molecule has 0 aromatic carbocycles. The molecule has 84 valence electrons. The molecule has 0 saturated heterocycles. The highest BCUT2D eigenvalue weighted by atomic mass is 79.9. The summed E-state index contributed by atoms with van der Waals surface area (Å²) in [6.07, 6.45) is 0. The molecule has 3 nitrogen and oxygen atoms in total. The van der Waals surface area contributed by atoms with Crippen molar-refractivity contribution in [2.24, 2.45) is 7.05 Å². The highest BCUT2D eigenvalue weighted by Gasteiger charge is 2.10. The molecule has 0 N–H and O–H groups in total. The number of halogens is 1. The molecule has 0 amide bonds. The Morgan fingerprint density at radius 3 is 2.38 bits per heavy atom. The predicted molar refractivity (Wildman–Crippen MR) is 68.4 cm³/mol. The van der Waals surface area contributed by atoms with Crippen molar-refractivity contribution < 1.29 is 0 Å². The third kappa shape index (κ3) is 1.89. The summed E-state index contributed by atoms with van der Waals surface area (Å²) >= 11 is 3.44. The molecule has 2 heterocycles. The van der Waals surface area contributed by atoms with E-state index in [0.717, 1.165) is 27.2 Å². The van der Waals surface area contributed by atoms with Crippen molar-refractivity contribution in [1.82, 2.24) is 14.8 Å². The summed E-state index contributed by atoms with van der Waals surface area (Å²) in [5, 5.41) is 4.42. The summed E-state index contributed by atoms with van der Waals surface area (Å²) < 4.78 is 2.76. The van der Waals surface area contributed by atoms with Crippen LogP contribution in [0.1, 0.15) is 16.8 Å². The second-order valence-electron chi connectivity index (χ2n) is 4.03. The van der Waals surface area contributed by atoms with Crippen LogP contribution in [0, 0.1) is 20.8 Å². The zero-order chi connectivity index (χ0) is 11.9. The van der Waals surface area contributed by atoms with Gasteiger partial charge in [0.1, 0.15) is 10.3 Å². The normalized spacial score (nSPS) is 10.8. The van der Waals surface area contributed by atoms with Gasteiger partial charge in [-0.1, -0.05) is 6.07 Å². The Labute approximate surface area is 104 Å². The Morgan fingerprint density at radius 1 is 1.12 bits per heavy atom. The van der Waals surface area contributed by atoms with E-state index in [1.165, 1.54) is 5.56 Å². The molecule has 0 aliphatic heterocycles. The van der Waals surface area contributed by atoms with Crippen LogP contribution in [0.2, 0.25) is 0 Å². The number of aryl methyl sites for hydroxylation is 4. The molecule has 0 fully saturated rings. The minimum atomic E-state index is 0.912. The van der Waals surface area contributed by atoms with Gasteiger partial charge in [0.05, 0.1) is 5.69 Å². The largest absolute Gasteiger partial charge is 0.261 e. The van der Waals surface area contributed by atoms with Crippen LogP contribution in [-0.4, -0.2) is 14.8 Å². The first-order chi connectivity index (χ1) is 7.49. The van der Waals surface area contributed by atoms with E-state index in [1.54, 1.807) is 4.68 Å². The number of hydrogen-bond donors (Lipinski definition) is 0. The van der Waals surface area contributed by atoms with E-state index in [0.29, 0.717) is 0 Å². The van der Waals surface area contributed by atoms with Crippen LogP contribution in [0.25, 0.3) is 11.4 Å². The average Bonchev–Trinajstić information content (AvgIpc) is 2.53. The van der Waals surface area contributed by atoms with Gasteiger partial charge in [-0.2, -0.15) is 5.10 Å². The van der Waals surface area contributed by atoms with Gasteiger partial charge in [0, 0.05) is 18.8 Å². The third-order valence-corrected chi connectivity index (χ3v) is 3.46. The predicted octanol–water partition coefficient (Wildman–Crippen LogP) is 3.17. The molecular formula is C12H14BrN3. The lowest BCUT2D eigenvalue weighted by molar-refractivity contribution is 0.751. The lowest BCUT2D eigenvalue weighted by atomic mass is 10.1. The molecule has 0 aliphatic carbocycles. The Morgan fingerprint density at radius 2 is 1.81 bits per heavy atom. The van der Waals surface area contributed by atoms with E-state index in [1.807, 2.05) is 20.0 Å². The van der Waals surface area contributed by atoms with Gasteiger partial charge >= 0.3 is 0 Å². The van der Waals surface area contributed by atoms with Gasteiger partial charge in [0.2, 0.25) is 0 Å². The second-order valence-corrected chi connectivity index (χ2v) is 4.84. The van der Waals surface area contributed by atoms with Crippen molar-refractivity contribution in [2.75, 3.05) is 0 Å². The highest BCUT2D eigenvalue weighted by molar-refractivity contribution is 9.10. The minimum Gasteiger partial charge on any atom is -0.261 e. The lowest BCUT2D eigenvalue weighted by Gasteiger charge is -2.06. The number of pyridine rings is 1. The fourth-order valence-electron chi connectivity index (χ4n) is 1.66. The number of hydrogen-bond acceptors (Lipinski definition) is 2.